The van der Waals surface area contributed by atoms with Crippen LogP contribution in [0.2, 0.25) is 0 Å². The molecule has 0 aromatic heterocycles. The van der Waals surface area contributed by atoms with Gasteiger partial charge in [0.2, 0.25) is 0 Å². The number of rotatable bonds is 6. The van der Waals surface area contributed by atoms with E-state index in [4.69, 9.17) is 14.2 Å². The van der Waals surface area contributed by atoms with Crippen LogP contribution in [-0.4, -0.2) is 30.9 Å². The molecule has 4 rings (SSSR count). The molecule has 0 amide bonds. The van der Waals surface area contributed by atoms with E-state index in [2.05, 4.69) is 12.2 Å². The van der Waals surface area contributed by atoms with Gasteiger partial charge in [-0.1, -0.05) is 12.2 Å². The Bertz CT molecular complexity index is 583. The molecular weight excluding hydrogens is 320 g/mol. The zero-order valence-electron chi connectivity index (χ0n) is 15.2. The van der Waals surface area contributed by atoms with Crippen LogP contribution in [0.15, 0.2) is 12.2 Å². The van der Waals surface area contributed by atoms with Gasteiger partial charge in [-0.2, -0.15) is 0 Å². The van der Waals surface area contributed by atoms with Gasteiger partial charge in [0, 0.05) is 6.61 Å². The number of ether oxygens (including phenoxy) is 3. The fraction of sp³-hybridized carbons (Fsp3) is 0.800. The van der Waals surface area contributed by atoms with Crippen molar-refractivity contribution < 1.29 is 23.8 Å². The molecule has 25 heavy (non-hydrogen) atoms. The van der Waals surface area contributed by atoms with Crippen molar-refractivity contribution in [3.8, 4) is 0 Å². The molecule has 0 heterocycles. The highest BCUT2D eigenvalue weighted by molar-refractivity contribution is 5.80. The summed E-state index contributed by atoms with van der Waals surface area (Å²) in [5.41, 5.74) is 0. The lowest BCUT2D eigenvalue weighted by Gasteiger charge is -2.35. The lowest BCUT2D eigenvalue weighted by atomic mass is 9.69. The molecule has 8 unspecified atom stereocenters. The van der Waals surface area contributed by atoms with Crippen LogP contribution in [0.25, 0.3) is 0 Å². The lowest BCUT2D eigenvalue weighted by molar-refractivity contribution is -0.206. The third kappa shape index (κ3) is 2.80. The van der Waals surface area contributed by atoms with Crippen molar-refractivity contribution >= 4 is 11.9 Å². The number of fused-ring (bicyclic) bond motifs is 9. The number of hydrogen-bond donors (Lipinski definition) is 0. The summed E-state index contributed by atoms with van der Waals surface area (Å²) >= 11 is 0. The van der Waals surface area contributed by atoms with E-state index >= 15 is 0 Å². The normalized spacial score (nSPS) is 41.2. The van der Waals surface area contributed by atoms with E-state index in [-0.39, 0.29) is 18.0 Å². The van der Waals surface area contributed by atoms with Crippen molar-refractivity contribution in [2.45, 2.75) is 52.4 Å². The van der Waals surface area contributed by atoms with Crippen LogP contribution < -0.4 is 0 Å². The summed E-state index contributed by atoms with van der Waals surface area (Å²) in [5.74, 6) is 2.86. The lowest BCUT2D eigenvalue weighted by Crippen LogP contribution is -2.39. The maximum Gasteiger partial charge on any atom is 0.376 e. The molecule has 0 radical (unpaired) electrons. The number of allylic oxidation sites excluding steroid dienone is 2. The number of esters is 2. The summed E-state index contributed by atoms with van der Waals surface area (Å²) < 4.78 is 15.9. The van der Waals surface area contributed by atoms with Crippen molar-refractivity contribution in [2.75, 3.05) is 6.61 Å². The molecule has 5 heteroatoms. The Labute approximate surface area is 149 Å². The van der Waals surface area contributed by atoms with E-state index in [1.807, 2.05) is 0 Å². The first-order chi connectivity index (χ1) is 12.0. The molecule has 0 aromatic rings. The topological polar surface area (TPSA) is 61.8 Å². The molecule has 5 nitrogen and oxygen atoms in total. The highest BCUT2D eigenvalue weighted by Crippen LogP contribution is 2.67. The van der Waals surface area contributed by atoms with E-state index in [0.29, 0.717) is 30.3 Å². The maximum absolute atomic E-state index is 12.8. The van der Waals surface area contributed by atoms with Crippen LogP contribution in [0.5, 0.6) is 0 Å². The number of carbonyl (C=O) groups excluding carboxylic acids is 2. The van der Waals surface area contributed by atoms with E-state index in [0.717, 1.165) is 24.7 Å². The highest BCUT2D eigenvalue weighted by atomic mass is 16.7. The van der Waals surface area contributed by atoms with E-state index < -0.39 is 12.3 Å². The van der Waals surface area contributed by atoms with Gasteiger partial charge in [-0.05, 0) is 75.5 Å². The molecule has 0 aliphatic heterocycles. The van der Waals surface area contributed by atoms with E-state index in [9.17, 15) is 9.59 Å². The zero-order chi connectivity index (χ0) is 17.7. The maximum atomic E-state index is 12.8. The van der Waals surface area contributed by atoms with Gasteiger partial charge in [0.25, 0.3) is 0 Å². The molecule has 8 atom stereocenters. The van der Waals surface area contributed by atoms with Crippen LogP contribution in [0, 0.1) is 41.4 Å². The second-order valence-corrected chi connectivity index (χ2v) is 8.31. The van der Waals surface area contributed by atoms with Crippen LogP contribution in [0.4, 0.5) is 0 Å². The van der Waals surface area contributed by atoms with Crippen LogP contribution >= 0.6 is 0 Å². The predicted octanol–water partition coefficient (Wildman–Crippen LogP) is 2.94. The first-order valence-corrected chi connectivity index (χ1v) is 9.70. The van der Waals surface area contributed by atoms with Crippen LogP contribution in [0.3, 0.4) is 0 Å². The Morgan fingerprint density at radius 2 is 1.76 bits per heavy atom. The molecule has 3 saturated carbocycles. The quantitative estimate of drug-likeness (QED) is 0.320. The summed E-state index contributed by atoms with van der Waals surface area (Å²) in [4.78, 5) is 24.9. The summed E-state index contributed by atoms with van der Waals surface area (Å²) in [7, 11) is 0. The molecule has 0 N–H and O–H groups in total. The SMILES string of the molecule is CCOC(OC(=O)C1CC2CC1C1C3C=CC(C3)C21)C(=O)OC(C)C. The second kappa shape index (κ2) is 6.42. The molecule has 3 fully saturated rings. The third-order valence-corrected chi connectivity index (χ3v) is 6.66. The average Bonchev–Trinajstić information content (AvgIpc) is 3.31. The van der Waals surface area contributed by atoms with Crippen molar-refractivity contribution in [3.63, 3.8) is 0 Å². The fourth-order valence-corrected chi connectivity index (χ4v) is 6.07. The summed E-state index contributed by atoms with van der Waals surface area (Å²) in [6.45, 7) is 5.59. The van der Waals surface area contributed by atoms with Gasteiger partial charge in [-0.25, -0.2) is 4.79 Å². The minimum absolute atomic E-state index is 0.0891. The largest absolute Gasteiger partial charge is 0.458 e. The Kier molecular flexibility index (Phi) is 4.38. The summed E-state index contributed by atoms with van der Waals surface area (Å²) in [5, 5.41) is 0. The standard InChI is InChI=1S/C20H28O5/c1-4-23-20(19(22)24-10(2)3)25-18(21)15-9-13-8-14(15)17-12-6-5-11(7-12)16(13)17/h5-6,10-17,20H,4,7-9H2,1-3H3. The first kappa shape index (κ1) is 17.1. The number of hydrogen-bond acceptors (Lipinski definition) is 5. The minimum Gasteiger partial charge on any atom is -0.458 e. The Hall–Kier alpha value is -1.36. The Balaban J connectivity index is 1.41. The van der Waals surface area contributed by atoms with Gasteiger partial charge in [0.15, 0.2) is 0 Å². The van der Waals surface area contributed by atoms with E-state index in [1.54, 1.807) is 20.8 Å². The highest BCUT2D eigenvalue weighted by Gasteiger charge is 2.62. The minimum atomic E-state index is -1.24. The fourth-order valence-electron chi connectivity index (χ4n) is 6.07. The average molecular weight is 348 g/mol. The molecular formula is C20H28O5. The third-order valence-electron chi connectivity index (χ3n) is 6.66. The molecule has 0 saturated heterocycles. The van der Waals surface area contributed by atoms with Crippen molar-refractivity contribution in [3.05, 3.63) is 12.2 Å². The van der Waals surface area contributed by atoms with Crippen LogP contribution in [-0.2, 0) is 23.8 Å². The first-order valence-electron chi connectivity index (χ1n) is 9.70. The monoisotopic (exact) mass is 348 g/mol. The zero-order valence-corrected chi connectivity index (χ0v) is 15.2. The van der Waals surface area contributed by atoms with Crippen molar-refractivity contribution in [2.24, 2.45) is 41.4 Å². The van der Waals surface area contributed by atoms with Gasteiger partial charge in [0.1, 0.15) is 0 Å². The van der Waals surface area contributed by atoms with E-state index in [1.165, 1.54) is 6.42 Å². The molecule has 138 valence electrons. The van der Waals surface area contributed by atoms with Gasteiger partial charge in [-0.15, -0.1) is 0 Å². The van der Waals surface area contributed by atoms with Gasteiger partial charge in [-0.3, -0.25) is 4.79 Å². The van der Waals surface area contributed by atoms with Crippen molar-refractivity contribution in [1.29, 1.82) is 0 Å². The molecule has 4 aliphatic rings. The van der Waals surface area contributed by atoms with Crippen LogP contribution in [0.1, 0.15) is 40.0 Å². The van der Waals surface area contributed by atoms with Gasteiger partial charge in [0.05, 0.1) is 12.0 Å². The Morgan fingerprint density at radius 3 is 2.44 bits per heavy atom. The number of carbonyl (C=O) groups is 2. The van der Waals surface area contributed by atoms with Gasteiger partial charge >= 0.3 is 18.2 Å². The van der Waals surface area contributed by atoms with Gasteiger partial charge < -0.3 is 14.2 Å². The molecule has 4 aliphatic carbocycles. The second-order valence-electron chi connectivity index (χ2n) is 8.31. The smallest absolute Gasteiger partial charge is 0.376 e. The predicted molar refractivity (Wildman–Crippen MR) is 90.2 cm³/mol. The Morgan fingerprint density at radius 1 is 1.04 bits per heavy atom. The molecule has 0 aromatic carbocycles. The summed E-state index contributed by atoms with van der Waals surface area (Å²) in [6.07, 6.45) is 6.56. The molecule has 4 bridgehead atoms. The summed E-state index contributed by atoms with van der Waals surface area (Å²) in [6, 6.07) is 0. The molecule has 0 spiro atoms. The van der Waals surface area contributed by atoms with Crippen molar-refractivity contribution in [1.82, 2.24) is 0 Å².